The van der Waals surface area contributed by atoms with E-state index in [0.717, 1.165) is 28.2 Å². The lowest BCUT2D eigenvalue weighted by atomic mass is 10.1. The van der Waals surface area contributed by atoms with E-state index in [1.165, 1.54) is 3.97 Å². The van der Waals surface area contributed by atoms with E-state index in [2.05, 4.69) is 26.2 Å². The predicted octanol–water partition coefficient (Wildman–Crippen LogP) is 4.49. The number of imidazole rings is 1. The highest BCUT2D eigenvalue weighted by Crippen LogP contribution is 2.29. The lowest BCUT2D eigenvalue weighted by molar-refractivity contribution is -0.118. The van der Waals surface area contributed by atoms with Crippen LogP contribution < -0.4 is 5.32 Å². The second kappa shape index (κ2) is 9.89. The zero-order chi connectivity index (χ0) is 22.6. The van der Waals surface area contributed by atoms with Gasteiger partial charge in [-0.15, -0.1) is 0 Å². The first-order valence-electron chi connectivity index (χ1n) is 9.87. The number of amides is 1. The standard InChI is InChI=1S/C23H20BrN3O3S2/c24-18-10-12-19(13-11-18)32(29,30)27-21-9-5-4-8-20(21)26-23(27)31-16-22(28)25-15-14-17-6-2-1-3-7-17/h1-13H,14-16H2,(H,25,28). The highest BCUT2D eigenvalue weighted by atomic mass is 79.9. The molecule has 164 valence electrons. The minimum Gasteiger partial charge on any atom is -0.355 e. The highest BCUT2D eigenvalue weighted by Gasteiger charge is 2.25. The van der Waals surface area contributed by atoms with Crippen LogP contribution in [0.25, 0.3) is 11.0 Å². The average Bonchev–Trinajstić information content (AvgIpc) is 3.18. The predicted molar refractivity (Wildman–Crippen MR) is 130 cm³/mol. The fraction of sp³-hybridized carbons (Fsp3) is 0.130. The van der Waals surface area contributed by atoms with Crippen LogP contribution in [0, 0.1) is 0 Å². The molecule has 1 heterocycles. The van der Waals surface area contributed by atoms with Gasteiger partial charge >= 0.3 is 0 Å². The molecule has 0 atom stereocenters. The number of nitrogens with one attached hydrogen (secondary N) is 1. The lowest BCUT2D eigenvalue weighted by Gasteiger charge is -2.10. The number of para-hydroxylation sites is 2. The Morgan fingerprint density at radius 3 is 2.41 bits per heavy atom. The minimum atomic E-state index is -3.89. The molecule has 0 aliphatic heterocycles. The Morgan fingerprint density at radius 2 is 1.66 bits per heavy atom. The van der Waals surface area contributed by atoms with Crippen LogP contribution in [0.15, 0.2) is 93.4 Å². The van der Waals surface area contributed by atoms with Gasteiger partial charge in [0.2, 0.25) is 5.91 Å². The van der Waals surface area contributed by atoms with Gasteiger partial charge in [0, 0.05) is 11.0 Å². The number of benzene rings is 3. The number of carbonyl (C=O) groups is 1. The Morgan fingerprint density at radius 1 is 0.969 bits per heavy atom. The third kappa shape index (κ3) is 5.06. The van der Waals surface area contributed by atoms with E-state index < -0.39 is 10.0 Å². The average molecular weight is 530 g/mol. The summed E-state index contributed by atoms with van der Waals surface area (Å²) in [6.45, 7) is 0.511. The van der Waals surface area contributed by atoms with Gasteiger partial charge in [-0.05, 0) is 48.4 Å². The molecule has 6 nitrogen and oxygen atoms in total. The molecule has 0 saturated heterocycles. The van der Waals surface area contributed by atoms with Crippen molar-refractivity contribution in [1.82, 2.24) is 14.3 Å². The number of hydrogen-bond acceptors (Lipinski definition) is 5. The molecule has 32 heavy (non-hydrogen) atoms. The van der Waals surface area contributed by atoms with Crippen LogP contribution >= 0.6 is 27.7 Å². The molecule has 0 spiro atoms. The summed E-state index contributed by atoms with van der Waals surface area (Å²) in [5.74, 6) is -0.112. The molecule has 0 saturated carbocycles. The van der Waals surface area contributed by atoms with Gasteiger partial charge in [-0.1, -0.05) is 70.2 Å². The summed E-state index contributed by atoms with van der Waals surface area (Å²) in [6.07, 6.45) is 0.730. The molecule has 0 radical (unpaired) electrons. The molecule has 0 bridgehead atoms. The number of hydrogen-bond donors (Lipinski definition) is 1. The summed E-state index contributed by atoms with van der Waals surface area (Å²) in [6, 6.07) is 23.4. The van der Waals surface area contributed by atoms with E-state index >= 15 is 0 Å². The molecule has 4 aromatic rings. The van der Waals surface area contributed by atoms with Crippen molar-refractivity contribution in [2.24, 2.45) is 0 Å². The minimum absolute atomic E-state index is 0.0635. The fourth-order valence-electron chi connectivity index (χ4n) is 3.19. The molecule has 9 heteroatoms. The van der Waals surface area contributed by atoms with Gasteiger partial charge in [-0.25, -0.2) is 17.4 Å². The first kappa shape index (κ1) is 22.6. The van der Waals surface area contributed by atoms with Crippen LogP contribution in [0.1, 0.15) is 5.56 Å². The van der Waals surface area contributed by atoms with Crippen molar-refractivity contribution >= 4 is 54.7 Å². The quantitative estimate of drug-likeness (QED) is 0.340. The first-order valence-corrected chi connectivity index (χ1v) is 13.1. The zero-order valence-corrected chi connectivity index (χ0v) is 20.2. The maximum atomic E-state index is 13.4. The maximum Gasteiger partial charge on any atom is 0.270 e. The van der Waals surface area contributed by atoms with Crippen LogP contribution in [0.5, 0.6) is 0 Å². The van der Waals surface area contributed by atoms with Crippen LogP contribution in [0.2, 0.25) is 0 Å². The van der Waals surface area contributed by atoms with E-state index in [4.69, 9.17) is 0 Å². The molecule has 4 rings (SSSR count). The Hall–Kier alpha value is -2.62. The number of thioether (sulfide) groups is 1. The topological polar surface area (TPSA) is 81.1 Å². The summed E-state index contributed by atoms with van der Waals surface area (Å²) in [5.41, 5.74) is 2.17. The molecule has 3 aromatic carbocycles. The maximum absolute atomic E-state index is 13.4. The normalized spacial score (nSPS) is 11.5. The summed E-state index contributed by atoms with van der Waals surface area (Å²) in [7, 11) is -3.89. The third-order valence-corrected chi connectivity index (χ3v) is 8.05. The molecule has 1 aromatic heterocycles. The molecule has 1 amide bonds. The van der Waals surface area contributed by atoms with Crippen LogP contribution in [0.4, 0.5) is 0 Å². The van der Waals surface area contributed by atoms with Gasteiger partial charge in [-0.3, -0.25) is 4.79 Å². The van der Waals surface area contributed by atoms with Gasteiger partial charge in [0.1, 0.15) is 0 Å². The van der Waals surface area contributed by atoms with Gasteiger partial charge in [0.05, 0.1) is 21.7 Å². The van der Waals surface area contributed by atoms with E-state index in [1.54, 1.807) is 48.5 Å². The number of aromatic nitrogens is 2. The first-order chi connectivity index (χ1) is 15.4. The van der Waals surface area contributed by atoms with E-state index in [-0.39, 0.29) is 21.7 Å². The second-order valence-corrected chi connectivity index (χ2v) is 10.6. The third-order valence-electron chi connectivity index (χ3n) is 4.75. The van der Waals surface area contributed by atoms with Crippen molar-refractivity contribution in [2.75, 3.05) is 12.3 Å². The van der Waals surface area contributed by atoms with E-state index in [9.17, 15) is 13.2 Å². The monoisotopic (exact) mass is 529 g/mol. The number of halogens is 1. The number of fused-ring (bicyclic) bond motifs is 1. The van der Waals surface area contributed by atoms with Crippen molar-refractivity contribution in [3.05, 3.63) is 88.9 Å². The van der Waals surface area contributed by atoms with Crippen molar-refractivity contribution in [3.63, 3.8) is 0 Å². The van der Waals surface area contributed by atoms with Gasteiger partial charge in [-0.2, -0.15) is 0 Å². The molecule has 0 unspecified atom stereocenters. The van der Waals surface area contributed by atoms with Crippen LogP contribution in [-0.2, 0) is 21.2 Å². The van der Waals surface area contributed by atoms with Crippen LogP contribution in [-0.4, -0.2) is 35.6 Å². The molecular weight excluding hydrogens is 510 g/mol. The van der Waals surface area contributed by atoms with Crippen LogP contribution in [0.3, 0.4) is 0 Å². The summed E-state index contributed by atoms with van der Waals surface area (Å²) >= 11 is 4.43. The van der Waals surface area contributed by atoms with E-state index in [0.29, 0.717) is 17.6 Å². The van der Waals surface area contributed by atoms with E-state index in [1.807, 2.05) is 30.3 Å². The summed E-state index contributed by atoms with van der Waals surface area (Å²) in [5, 5.41) is 3.14. The zero-order valence-electron chi connectivity index (χ0n) is 16.9. The molecule has 1 N–H and O–H groups in total. The van der Waals surface area contributed by atoms with Gasteiger partial charge in [0.25, 0.3) is 10.0 Å². The molecule has 0 aliphatic carbocycles. The smallest absolute Gasteiger partial charge is 0.270 e. The lowest BCUT2D eigenvalue weighted by Crippen LogP contribution is -2.27. The Labute approximate surface area is 199 Å². The van der Waals surface area contributed by atoms with Crippen molar-refractivity contribution in [2.45, 2.75) is 16.5 Å². The Kier molecular flexibility index (Phi) is 6.98. The van der Waals surface area contributed by atoms with Crippen molar-refractivity contribution < 1.29 is 13.2 Å². The number of rotatable bonds is 8. The largest absolute Gasteiger partial charge is 0.355 e. The summed E-state index contributed by atoms with van der Waals surface area (Å²) in [4.78, 5) is 17.0. The van der Waals surface area contributed by atoms with Gasteiger partial charge < -0.3 is 5.32 Å². The fourth-order valence-corrected chi connectivity index (χ4v) is 6.00. The van der Waals surface area contributed by atoms with Crippen molar-refractivity contribution in [3.8, 4) is 0 Å². The Balaban J connectivity index is 1.53. The molecular formula is C23H20BrN3O3S2. The SMILES string of the molecule is O=C(CSc1nc2ccccc2n1S(=O)(=O)c1ccc(Br)cc1)NCCc1ccccc1. The van der Waals surface area contributed by atoms with Gasteiger partial charge in [0.15, 0.2) is 5.16 Å². The highest BCUT2D eigenvalue weighted by molar-refractivity contribution is 9.10. The number of carbonyl (C=O) groups excluding carboxylic acids is 1. The summed E-state index contributed by atoms with van der Waals surface area (Å²) < 4.78 is 28.8. The molecule has 0 fully saturated rings. The number of nitrogens with zero attached hydrogens (tertiary/aromatic N) is 2. The Bertz CT molecular complexity index is 1340. The van der Waals surface area contributed by atoms with Crippen molar-refractivity contribution in [1.29, 1.82) is 0 Å². The second-order valence-electron chi connectivity index (χ2n) is 6.98. The molecule has 0 aliphatic rings.